The molecule has 24 heavy (non-hydrogen) atoms. The largest absolute Gasteiger partial charge is 0.465 e. The minimum absolute atomic E-state index is 0.0421. The number of nitrogens with zero attached hydrogens (tertiary/aromatic N) is 2. The quantitative estimate of drug-likeness (QED) is 0.863. The third-order valence-corrected chi connectivity index (χ3v) is 4.38. The van der Waals surface area contributed by atoms with Crippen molar-refractivity contribution in [2.24, 2.45) is 0 Å². The van der Waals surface area contributed by atoms with Gasteiger partial charge in [-0.2, -0.15) is 5.10 Å². The first-order valence-corrected chi connectivity index (χ1v) is 8.16. The standard InChI is InChI=1S/C17H18ClN3O3/c1-3-24-15(23)9-21-17-16(10(2)20-21)12(8-14(22)19-17)11-6-4-5-7-13(11)18/h4-7,12H,3,8-9H2,1-2H3,(H,19,22)/t12-/m1/s1. The number of halogens is 1. The molecule has 0 aliphatic carbocycles. The molecule has 0 fully saturated rings. The number of anilines is 1. The summed E-state index contributed by atoms with van der Waals surface area (Å²) >= 11 is 6.32. The Morgan fingerprint density at radius 1 is 1.46 bits per heavy atom. The predicted octanol–water partition coefficient (Wildman–Crippen LogP) is 2.88. The zero-order valence-electron chi connectivity index (χ0n) is 13.5. The Morgan fingerprint density at radius 2 is 2.21 bits per heavy atom. The second-order valence-corrected chi connectivity index (χ2v) is 6.04. The van der Waals surface area contributed by atoms with E-state index in [0.29, 0.717) is 23.9 Å². The molecule has 1 atom stereocenters. The van der Waals surface area contributed by atoms with Crippen LogP contribution in [0.5, 0.6) is 0 Å². The number of esters is 1. The van der Waals surface area contributed by atoms with Gasteiger partial charge in [-0.25, -0.2) is 4.68 Å². The lowest BCUT2D eigenvalue weighted by Gasteiger charge is -2.25. The molecular formula is C17H18ClN3O3. The first-order chi connectivity index (χ1) is 11.5. The number of amides is 1. The maximum atomic E-state index is 12.2. The third kappa shape index (κ3) is 3.01. The van der Waals surface area contributed by atoms with E-state index in [9.17, 15) is 9.59 Å². The van der Waals surface area contributed by atoms with Crippen molar-refractivity contribution in [2.45, 2.75) is 32.7 Å². The fourth-order valence-electron chi connectivity index (χ4n) is 3.08. The number of ether oxygens (including phenoxy) is 1. The molecule has 6 nitrogen and oxygen atoms in total. The Balaban J connectivity index is 2.04. The number of fused-ring (bicyclic) bond motifs is 1. The second kappa shape index (κ2) is 6.65. The average molecular weight is 348 g/mol. The molecule has 126 valence electrons. The summed E-state index contributed by atoms with van der Waals surface area (Å²) < 4.78 is 6.46. The Kier molecular flexibility index (Phi) is 4.57. The third-order valence-electron chi connectivity index (χ3n) is 4.03. The van der Waals surface area contributed by atoms with E-state index in [2.05, 4.69) is 10.4 Å². The van der Waals surface area contributed by atoms with E-state index >= 15 is 0 Å². The molecule has 0 saturated carbocycles. The number of carbonyl (C=O) groups is 2. The summed E-state index contributed by atoms with van der Waals surface area (Å²) in [4.78, 5) is 24.0. The molecule has 2 heterocycles. The number of carbonyl (C=O) groups excluding carboxylic acids is 2. The lowest BCUT2D eigenvalue weighted by molar-refractivity contribution is -0.144. The highest BCUT2D eigenvalue weighted by atomic mass is 35.5. The summed E-state index contributed by atoms with van der Waals surface area (Å²) in [5.41, 5.74) is 2.54. The van der Waals surface area contributed by atoms with Crippen molar-refractivity contribution in [3.63, 3.8) is 0 Å². The first kappa shape index (κ1) is 16.5. The molecule has 0 radical (unpaired) electrons. The molecule has 0 saturated heterocycles. The van der Waals surface area contributed by atoms with Gasteiger partial charge < -0.3 is 10.1 Å². The molecule has 1 N–H and O–H groups in total. The smallest absolute Gasteiger partial charge is 0.327 e. The summed E-state index contributed by atoms with van der Waals surface area (Å²) in [5, 5.41) is 7.85. The number of rotatable bonds is 4. The molecule has 2 aromatic rings. The lowest BCUT2D eigenvalue weighted by atomic mass is 9.86. The van der Waals surface area contributed by atoms with Crippen LogP contribution in [-0.4, -0.2) is 28.3 Å². The molecule has 1 aliphatic rings. The van der Waals surface area contributed by atoms with E-state index in [4.69, 9.17) is 16.3 Å². The number of aromatic nitrogens is 2. The molecule has 0 bridgehead atoms. The average Bonchev–Trinajstić information content (AvgIpc) is 2.83. The van der Waals surface area contributed by atoms with Crippen LogP contribution in [0.25, 0.3) is 0 Å². The van der Waals surface area contributed by atoms with E-state index in [0.717, 1.165) is 16.8 Å². The maximum absolute atomic E-state index is 12.2. The monoisotopic (exact) mass is 347 g/mol. The van der Waals surface area contributed by atoms with Crippen molar-refractivity contribution >= 4 is 29.3 Å². The van der Waals surface area contributed by atoms with Gasteiger partial charge in [0.2, 0.25) is 5.91 Å². The van der Waals surface area contributed by atoms with Gasteiger partial charge >= 0.3 is 5.97 Å². The van der Waals surface area contributed by atoms with E-state index in [1.54, 1.807) is 13.0 Å². The van der Waals surface area contributed by atoms with Gasteiger partial charge in [-0.3, -0.25) is 9.59 Å². The van der Waals surface area contributed by atoms with Crippen LogP contribution in [0.4, 0.5) is 5.82 Å². The van der Waals surface area contributed by atoms with Crippen LogP contribution >= 0.6 is 11.6 Å². The summed E-state index contributed by atoms with van der Waals surface area (Å²) in [7, 11) is 0. The van der Waals surface area contributed by atoms with Crippen LogP contribution in [0, 0.1) is 6.92 Å². The first-order valence-electron chi connectivity index (χ1n) is 7.78. The summed E-state index contributed by atoms with van der Waals surface area (Å²) in [5.74, 6) is -0.158. The lowest BCUT2D eigenvalue weighted by Crippen LogP contribution is -2.26. The van der Waals surface area contributed by atoms with Crippen LogP contribution in [0.2, 0.25) is 5.02 Å². The van der Waals surface area contributed by atoms with Crippen molar-refractivity contribution in [1.29, 1.82) is 0 Å². The minimum atomic E-state index is -0.392. The van der Waals surface area contributed by atoms with Crippen LogP contribution in [0.3, 0.4) is 0 Å². The van der Waals surface area contributed by atoms with Crippen LogP contribution < -0.4 is 5.32 Å². The zero-order valence-corrected chi connectivity index (χ0v) is 14.3. The minimum Gasteiger partial charge on any atom is -0.465 e. The molecule has 3 rings (SSSR count). The highest BCUT2D eigenvalue weighted by Gasteiger charge is 2.33. The summed E-state index contributed by atoms with van der Waals surface area (Å²) in [6.07, 6.45) is 0.294. The van der Waals surface area contributed by atoms with E-state index < -0.39 is 5.97 Å². The van der Waals surface area contributed by atoms with E-state index in [1.165, 1.54) is 4.68 Å². The Bertz CT molecular complexity index is 800. The fraction of sp³-hybridized carbons (Fsp3) is 0.353. The normalized spacial score (nSPS) is 16.5. The molecular weight excluding hydrogens is 330 g/mol. The van der Waals surface area contributed by atoms with Crippen LogP contribution in [0.15, 0.2) is 24.3 Å². The maximum Gasteiger partial charge on any atom is 0.327 e. The number of hydrogen-bond donors (Lipinski definition) is 1. The number of nitrogens with one attached hydrogen (secondary N) is 1. The van der Waals surface area contributed by atoms with Gasteiger partial charge in [0.05, 0.1) is 12.3 Å². The highest BCUT2D eigenvalue weighted by molar-refractivity contribution is 6.31. The molecule has 0 spiro atoms. The van der Waals surface area contributed by atoms with E-state index in [1.807, 2.05) is 25.1 Å². The number of hydrogen-bond acceptors (Lipinski definition) is 4. The summed E-state index contributed by atoms with van der Waals surface area (Å²) in [6.45, 7) is 3.87. The van der Waals surface area contributed by atoms with Crippen molar-refractivity contribution < 1.29 is 14.3 Å². The Labute approximate surface area is 144 Å². The van der Waals surface area contributed by atoms with Crippen molar-refractivity contribution in [3.8, 4) is 0 Å². The van der Waals surface area contributed by atoms with Gasteiger partial charge in [-0.15, -0.1) is 0 Å². The molecule has 1 amide bonds. The van der Waals surface area contributed by atoms with Gasteiger partial charge in [-0.1, -0.05) is 29.8 Å². The Hall–Kier alpha value is -2.34. The SMILES string of the molecule is CCOC(=O)Cn1nc(C)c2c1NC(=O)C[C@@H]2c1ccccc1Cl. The number of benzene rings is 1. The van der Waals surface area contributed by atoms with E-state index in [-0.39, 0.29) is 18.4 Å². The Morgan fingerprint density at radius 3 is 2.92 bits per heavy atom. The van der Waals surface area contributed by atoms with Crippen molar-refractivity contribution in [3.05, 3.63) is 46.1 Å². The molecule has 1 aliphatic heterocycles. The predicted molar refractivity (Wildman–Crippen MR) is 90.1 cm³/mol. The van der Waals surface area contributed by atoms with Gasteiger partial charge in [0.1, 0.15) is 12.4 Å². The molecule has 7 heteroatoms. The van der Waals surface area contributed by atoms with Gasteiger partial charge in [0, 0.05) is 22.9 Å². The fourth-order valence-corrected chi connectivity index (χ4v) is 3.35. The van der Waals surface area contributed by atoms with Crippen LogP contribution in [0.1, 0.15) is 36.1 Å². The van der Waals surface area contributed by atoms with Gasteiger partial charge in [0.15, 0.2) is 0 Å². The van der Waals surface area contributed by atoms with Crippen LogP contribution in [-0.2, 0) is 20.9 Å². The number of aryl methyl sites for hydroxylation is 1. The zero-order chi connectivity index (χ0) is 17.3. The highest BCUT2D eigenvalue weighted by Crippen LogP contribution is 2.41. The molecule has 1 aromatic heterocycles. The molecule has 1 aromatic carbocycles. The topological polar surface area (TPSA) is 73.2 Å². The second-order valence-electron chi connectivity index (χ2n) is 5.64. The van der Waals surface area contributed by atoms with Crippen molar-refractivity contribution in [1.82, 2.24) is 9.78 Å². The summed E-state index contributed by atoms with van der Waals surface area (Å²) in [6, 6.07) is 7.47. The van der Waals surface area contributed by atoms with Gasteiger partial charge in [-0.05, 0) is 25.5 Å². The van der Waals surface area contributed by atoms with Crippen molar-refractivity contribution in [2.75, 3.05) is 11.9 Å². The van der Waals surface area contributed by atoms with Gasteiger partial charge in [0.25, 0.3) is 0 Å². The molecule has 0 unspecified atom stereocenters.